The number of carbonyl (C=O) groups is 2. The molecule has 1 aliphatic heterocycles. The van der Waals surface area contributed by atoms with Gasteiger partial charge in [-0.3, -0.25) is 9.59 Å². The number of hydrogen-bond acceptors (Lipinski definition) is 4. The zero-order valence-corrected chi connectivity index (χ0v) is 13.6. The first kappa shape index (κ1) is 15.9. The maximum Gasteiger partial charge on any atom is 0.246 e. The summed E-state index contributed by atoms with van der Waals surface area (Å²) in [4.78, 5) is 28.5. The van der Waals surface area contributed by atoms with Crippen molar-refractivity contribution in [2.75, 3.05) is 18.8 Å². The minimum atomic E-state index is -0.373. The molecule has 2 heterocycles. The summed E-state index contributed by atoms with van der Waals surface area (Å²) in [6.45, 7) is 7.09. The van der Waals surface area contributed by atoms with Gasteiger partial charge in [-0.05, 0) is 19.9 Å². The third kappa shape index (κ3) is 3.10. The predicted molar refractivity (Wildman–Crippen MR) is 82.8 cm³/mol. The number of likely N-dealkylation sites (N-methyl/N-ethyl adjacent to an activating group) is 1. The molecular formula is C15H22N2O3S. The molecule has 1 aromatic heterocycles. The fourth-order valence-corrected chi connectivity index (χ4v) is 4.02. The highest BCUT2D eigenvalue weighted by Gasteiger charge is 2.43. The van der Waals surface area contributed by atoms with Crippen molar-refractivity contribution in [2.24, 2.45) is 0 Å². The standard InChI is InChI=1S/C15H22N2O3S/c1-4-13(18)17-12(14(19)16(5-2)6-3)10-21-15(17)11-7-8-20-9-11/h7-9,12,15H,4-6,10H2,1-3H3. The van der Waals surface area contributed by atoms with E-state index in [0.717, 1.165) is 5.56 Å². The molecule has 0 bridgehead atoms. The van der Waals surface area contributed by atoms with Gasteiger partial charge in [0.25, 0.3) is 0 Å². The van der Waals surface area contributed by atoms with E-state index in [1.165, 1.54) is 0 Å². The molecule has 5 nitrogen and oxygen atoms in total. The minimum Gasteiger partial charge on any atom is -0.472 e. The lowest BCUT2D eigenvalue weighted by Crippen LogP contribution is -2.49. The molecule has 21 heavy (non-hydrogen) atoms. The van der Waals surface area contributed by atoms with E-state index in [0.29, 0.717) is 25.3 Å². The van der Waals surface area contributed by atoms with Crippen LogP contribution in [0.4, 0.5) is 0 Å². The Hall–Kier alpha value is -1.43. The van der Waals surface area contributed by atoms with Gasteiger partial charge in [0.05, 0.1) is 12.5 Å². The Morgan fingerprint density at radius 1 is 1.38 bits per heavy atom. The maximum absolute atomic E-state index is 12.6. The van der Waals surface area contributed by atoms with Gasteiger partial charge in [0, 0.05) is 30.8 Å². The number of nitrogens with zero attached hydrogens (tertiary/aromatic N) is 2. The van der Waals surface area contributed by atoms with Gasteiger partial charge in [0.1, 0.15) is 11.4 Å². The molecule has 2 unspecified atom stereocenters. The van der Waals surface area contributed by atoms with E-state index in [4.69, 9.17) is 4.42 Å². The topological polar surface area (TPSA) is 53.8 Å². The van der Waals surface area contributed by atoms with Gasteiger partial charge in [-0.25, -0.2) is 0 Å². The van der Waals surface area contributed by atoms with Crippen LogP contribution in [-0.2, 0) is 9.59 Å². The molecule has 0 saturated carbocycles. The van der Waals surface area contributed by atoms with Gasteiger partial charge in [-0.2, -0.15) is 0 Å². The number of carbonyl (C=O) groups excluding carboxylic acids is 2. The molecular weight excluding hydrogens is 288 g/mol. The third-order valence-electron chi connectivity index (χ3n) is 3.78. The van der Waals surface area contributed by atoms with Crippen molar-refractivity contribution in [3.63, 3.8) is 0 Å². The maximum atomic E-state index is 12.6. The van der Waals surface area contributed by atoms with E-state index >= 15 is 0 Å². The van der Waals surface area contributed by atoms with Crippen LogP contribution >= 0.6 is 11.8 Å². The Kier molecular flexibility index (Phi) is 5.33. The molecule has 0 aromatic carbocycles. The third-order valence-corrected chi connectivity index (χ3v) is 5.10. The molecule has 1 aliphatic rings. The van der Waals surface area contributed by atoms with Crippen molar-refractivity contribution in [3.05, 3.63) is 24.2 Å². The predicted octanol–water partition coefficient (Wildman–Crippen LogP) is 2.50. The lowest BCUT2D eigenvalue weighted by molar-refractivity contribution is -0.144. The number of hydrogen-bond donors (Lipinski definition) is 0. The van der Waals surface area contributed by atoms with Crippen molar-refractivity contribution < 1.29 is 14.0 Å². The van der Waals surface area contributed by atoms with Gasteiger partial charge < -0.3 is 14.2 Å². The Balaban J connectivity index is 2.25. The quantitative estimate of drug-likeness (QED) is 0.838. The van der Waals surface area contributed by atoms with Gasteiger partial charge in [-0.15, -0.1) is 11.8 Å². The number of rotatable bonds is 5. The first-order chi connectivity index (χ1) is 10.1. The summed E-state index contributed by atoms with van der Waals surface area (Å²) in [5, 5.41) is -0.124. The fourth-order valence-electron chi connectivity index (χ4n) is 2.60. The van der Waals surface area contributed by atoms with Crippen molar-refractivity contribution in [1.29, 1.82) is 0 Å². The summed E-state index contributed by atoms with van der Waals surface area (Å²) in [6.07, 6.45) is 3.65. The average molecular weight is 310 g/mol. The van der Waals surface area contributed by atoms with Crippen molar-refractivity contribution in [3.8, 4) is 0 Å². The molecule has 6 heteroatoms. The molecule has 0 spiro atoms. The largest absolute Gasteiger partial charge is 0.472 e. The van der Waals surface area contributed by atoms with Crippen molar-refractivity contribution in [2.45, 2.75) is 38.6 Å². The van der Waals surface area contributed by atoms with Crippen LogP contribution in [0.2, 0.25) is 0 Å². The van der Waals surface area contributed by atoms with Crippen LogP contribution in [0.5, 0.6) is 0 Å². The number of amides is 2. The molecule has 2 atom stereocenters. The van der Waals surface area contributed by atoms with Crippen LogP contribution in [0.1, 0.15) is 38.1 Å². The van der Waals surface area contributed by atoms with E-state index in [-0.39, 0.29) is 23.2 Å². The Morgan fingerprint density at radius 2 is 2.10 bits per heavy atom. The highest BCUT2D eigenvalue weighted by molar-refractivity contribution is 7.99. The first-order valence-electron chi connectivity index (χ1n) is 7.37. The SMILES string of the molecule is CCC(=O)N1C(C(=O)N(CC)CC)CSC1c1ccoc1. The summed E-state index contributed by atoms with van der Waals surface area (Å²) >= 11 is 1.62. The summed E-state index contributed by atoms with van der Waals surface area (Å²) in [5.41, 5.74) is 0.941. The molecule has 1 fully saturated rings. The second-order valence-electron chi connectivity index (χ2n) is 4.92. The van der Waals surface area contributed by atoms with E-state index < -0.39 is 0 Å². The molecule has 2 rings (SSSR count). The van der Waals surface area contributed by atoms with Crippen LogP contribution < -0.4 is 0 Å². The summed E-state index contributed by atoms with van der Waals surface area (Å²) in [5.74, 6) is 0.689. The van der Waals surface area contributed by atoms with Crippen LogP contribution in [0.25, 0.3) is 0 Å². The van der Waals surface area contributed by atoms with Crippen molar-refractivity contribution >= 4 is 23.6 Å². The van der Waals surface area contributed by atoms with Crippen LogP contribution in [0.15, 0.2) is 23.0 Å². The summed E-state index contributed by atoms with van der Waals surface area (Å²) in [6, 6.07) is 1.49. The lowest BCUT2D eigenvalue weighted by Gasteiger charge is -2.31. The first-order valence-corrected chi connectivity index (χ1v) is 8.42. The molecule has 1 aromatic rings. The Bertz CT molecular complexity index is 485. The summed E-state index contributed by atoms with van der Waals surface area (Å²) < 4.78 is 5.13. The van der Waals surface area contributed by atoms with E-state index in [9.17, 15) is 9.59 Å². The highest BCUT2D eigenvalue weighted by atomic mass is 32.2. The minimum absolute atomic E-state index is 0.0108. The molecule has 1 saturated heterocycles. The fraction of sp³-hybridized carbons (Fsp3) is 0.600. The van der Waals surface area contributed by atoms with E-state index in [1.54, 1.807) is 34.1 Å². The second-order valence-corrected chi connectivity index (χ2v) is 6.04. The lowest BCUT2D eigenvalue weighted by atomic mass is 10.2. The Labute approximate surface area is 129 Å². The monoisotopic (exact) mass is 310 g/mol. The van der Waals surface area contributed by atoms with Gasteiger partial charge in [0.2, 0.25) is 11.8 Å². The highest BCUT2D eigenvalue weighted by Crippen LogP contribution is 2.42. The van der Waals surface area contributed by atoms with Crippen LogP contribution in [0, 0.1) is 0 Å². The Morgan fingerprint density at radius 3 is 2.62 bits per heavy atom. The van der Waals surface area contributed by atoms with E-state index in [2.05, 4.69) is 0 Å². The number of thioether (sulfide) groups is 1. The van der Waals surface area contributed by atoms with Crippen molar-refractivity contribution in [1.82, 2.24) is 9.80 Å². The molecule has 116 valence electrons. The molecule has 0 radical (unpaired) electrons. The molecule has 2 amide bonds. The zero-order valence-electron chi connectivity index (χ0n) is 12.7. The van der Waals surface area contributed by atoms with Gasteiger partial charge in [-0.1, -0.05) is 6.92 Å². The second kappa shape index (κ2) is 7.02. The molecule has 0 aliphatic carbocycles. The molecule has 0 N–H and O–H groups in total. The van der Waals surface area contributed by atoms with Crippen LogP contribution in [0.3, 0.4) is 0 Å². The van der Waals surface area contributed by atoms with Gasteiger partial charge in [0.15, 0.2) is 0 Å². The number of furan rings is 1. The smallest absolute Gasteiger partial charge is 0.246 e. The normalized spacial score (nSPS) is 21.6. The van der Waals surface area contributed by atoms with E-state index in [1.807, 2.05) is 26.8 Å². The van der Waals surface area contributed by atoms with Gasteiger partial charge >= 0.3 is 0 Å². The average Bonchev–Trinajstić information content (AvgIpc) is 3.16. The summed E-state index contributed by atoms with van der Waals surface area (Å²) in [7, 11) is 0. The zero-order chi connectivity index (χ0) is 15.4. The van der Waals surface area contributed by atoms with Crippen LogP contribution in [-0.4, -0.2) is 46.5 Å².